The maximum atomic E-state index is 8.16. The minimum absolute atomic E-state index is 0.361. The van der Waals surface area contributed by atoms with E-state index in [1.54, 1.807) is 0 Å². The van der Waals surface area contributed by atoms with Crippen LogP contribution in [0.4, 0.5) is 0 Å². The minimum Gasteiger partial charge on any atom is -0.494 e. The third-order valence-electron chi connectivity index (χ3n) is 9.27. The van der Waals surface area contributed by atoms with E-state index in [2.05, 4.69) is 0 Å². The highest BCUT2D eigenvalue weighted by Crippen LogP contribution is 2.36. The summed E-state index contributed by atoms with van der Waals surface area (Å²) in [4.78, 5) is 0. The third kappa shape index (κ3) is 13.0. The topological polar surface area (TPSA) is 120 Å². The molecule has 13 nitrogen and oxygen atoms in total. The Balaban J connectivity index is 2.36. The van der Waals surface area contributed by atoms with Gasteiger partial charge in [0.05, 0.1) is 100 Å². The van der Waals surface area contributed by atoms with Crippen LogP contribution < -0.4 is 77.6 Å². The molecule has 4 aromatic carbocycles. The number of ether oxygens (including phenoxy) is 12. The molecule has 0 aliphatic carbocycles. The first kappa shape index (κ1) is 50.5. The van der Waals surface area contributed by atoms with Gasteiger partial charge in [0.2, 0.25) is 18.1 Å². The number of benzene rings is 4. The predicted octanol–water partition coefficient (Wildman–Crippen LogP) is 6.86. The van der Waals surface area contributed by atoms with Crippen LogP contribution in [0.15, 0.2) is 48.5 Å². The lowest BCUT2D eigenvalue weighted by Crippen LogP contribution is -2.57. The standard InChI is InChI=1S/C48H70O13Si2/c1-13-49-33-25-37(53-17-5)45(38(26-33)54-18-6)62(46-39(55-19-7)27-34(50-14-2)28-40(46)56-20-8)61-63(47-41(57-21-9)29-35(51-15-3)30-42(47)58-22-10)48-43(59-23-11)31-36(52-16-4)32-44(48)60-24-12/h25-32,62-63H,13-24H2,1-12H3. The van der Waals surface area contributed by atoms with Gasteiger partial charge in [0.15, 0.2) is 0 Å². The quantitative estimate of drug-likeness (QED) is 0.0508. The van der Waals surface area contributed by atoms with Crippen molar-refractivity contribution in [1.29, 1.82) is 0 Å². The summed E-state index contributed by atoms with van der Waals surface area (Å²) >= 11 is 0. The molecule has 0 radical (unpaired) electrons. The van der Waals surface area contributed by atoms with Gasteiger partial charge < -0.3 is 61.0 Å². The lowest BCUT2D eigenvalue weighted by molar-refractivity contribution is 0.309. The van der Waals surface area contributed by atoms with Gasteiger partial charge in [-0.1, -0.05) is 0 Å². The zero-order valence-electron chi connectivity index (χ0n) is 39.6. The van der Waals surface area contributed by atoms with Gasteiger partial charge in [0.1, 0.15) is 69.0 Å². The molecule has 15 heteroatoms. The van der Waals surface area contributed by atoms with Gasteiger partial charge in [0.25, 0.3) is 0 Å². The smallest absolute Gasteiger partial charge is 0.244 e. The highest BCUT2D eigenvalue weighted by molar-refractivity contribution is 6.94. The normalized spacial score (nSPS) is 11.0. The molecule has 0 aliphatic rings. The predicted molar refractivity (Wildman–Crippen MR) is 254 cm³/mol. The SMILES string of the molecule is CCOc1cc(OCC)c([SiH](O[SiH](c2c(OCC)cc(OCC)cc2OCC)c2c(OCC)cc(OCC)cc2OCC)c2c(OCC)cc(OCC)cc2OCC)c(OCC)c1. The maximum Gasteiger partial charge on any atom is 0.244 e. The molecule has 0 amide bonds. The fraction of sp³-hybridized carbons (Fsp3) is 0.500. The van der Waals surface area contributed by atoms with E-state index in [0.717, 1.165) is 20.7 Å². The first-order valence-electron chi connectivity index (χ1n) is 22.6. The van der Waals surface area contributed by atoms with E-state index in [9.17, 15) is 0 Å². The van der Waals surface area contributed by atoms with Crippen LogP contribution in [0.5, 0.6) is 69.0 Å². The Hall–Kier alpha value is -5.13. The van der Waals surface area contributed by atoms with Crippen LogP contribution >= 0.6 is 0 Å². The molecule has 0 atom stereocenters. The summed E-state index contributed by atoms with van der Waals surface area (Å²) in [5.74, 6) is 6.84. The van der Waals surface area contributed by atoms with E-state index in [-0.39, 0.29) is 0 Å². The van der Waals surface area contributed by atoms with Gasteiger partial charge in [0, 0.05) is 48.5 Å². The fourth-order valence-corrected chi connectivity index (χ4v) is 14.5. The van der Waals surface area contributed by atoms with Gasteiger partial charge >= 0.3 is 0 Å². The van der Waals surface area contributed by atoms with Crippen molar-refractivity contribution in [3.63, 3.8) is 0 Å². The van der Waals surface area contributed by atoms with Crippen molar-refractivity contribution < 1.29 is 61.0 Å². The number of rotatable bonds is 30. The van der Waals surface area contributed by atoms with E-state index >= 15 is 0 Å². The molecular weight excluding hydrogens is 841 g/mol. The average molecular weight is 911 g/mol. The molecule has 0 aliphatic heterocycles. The van der Waals surface area contributed by atoms with Crippen LogP contribution in [-0.2, 0) is 4.12 Å². The summed E-state index contributed by atoms with van der Waals surface area (Å²) in [5, 5.41) is 2.92. The molecule has 0 unspecified atom stereocenters. The van der Waals surface area contributed by atoms with Crippen LogP contribution in [0, 0.1) is 0 Å². The number of hydrogen-bond donors (Lipinski definition) is 0. The van der Waals surface area contributed by atoms with Gasteiger partial charge in [-0.05, 0) is 83.1 Å². The van der Waals surface area contributed by atoms with E-state index in [4.69, 9.17) is 61.0 Å². The molecule has 63 heavy (non-hydrogen) atoms. The first-order chi connectivity index (χ1) is 30.7. The van der Waals surface area contributed by atoms with Crippen molar-refractivity contribution >= 4 is 38.8 Å². The Bertz CT molecular complexity index is 1620. The van der Waals surface area contributed by atoms with Crippen molar-refractivity contribution in [2.24, 2.45) is 0 Å². The second kappa shape index (κ2) is 26.5. The Morgan fingerprint density at radius 2 is 0.381 bits per heavy atom. The highest BCUT2D eigenvalue weighted by Gasteiger charge is 2.41. The molecule has 0 bridgehead atoms. The van der Waals surface area contributed by atoms with Crippen molar-refractivity contribution in [2.75, 3.05) is 79.3 Å². The monoisotopic (exact) mass is 910 g/mol. The second-order valence-corrected chi connectivity index (χ2v) is 18.3. The first-order valence-corrected chi connectivity index (χ1v) is 25.9. The summed E-state index contributed by atoms with van der Waals surface area (Å²) in [6.07, 6.45) is 0. The summed E-state index contributed by atoms with van der Waals surface area (Å²) < 4.78 is 85.2. The Kier molecular flexibility index (Phi) is 21.2. The summed E-state index contributed by atoms with van der Waals surface area (Å²) in [5.41, 5.74) is 0. The molecule has 0 heterocycles. The van der Waals surface area contributed by atoms with E-state index < -0.39 is 18.1 Å². The van der Waals surface area contributed by atoms with Gasteiger partial charge in [-0.25, -0.2) is 0 Å². The molecule has 0 spiro atoms. The maximum absolute atomic E-state index is 8.16. The van der Waals surface area contributed by atoms with Crippen LogP contribution in [0.1, 0.15) is 83.1 Å². The molecule has 0 N–H and O–H groups in total. The van der Waals surface area contributed by atoms with Crippen LogP contribution in [0.2, 0.25) is 0 Å². The van der Waals surface area contributed by atoms with Crippen LogP contribution in [-0.4, -0.2) is 97.4 Å². The fourth-order valence-electron chi connectivity index (χ4n) is 7.24. The van der Waals surface area contributed by atoms with Crippen molar-refractivity contribution in [2.45, 2.75) is 83.1 Å². The van der Waals surface area contributed by atoms with Gasteiger partial charge in [-0.3, -0.25) is 0 Å². The van der Waals surface area contributed by atoms with Crippen molar-refractivity contribution in [3.05, 3.63) is 48.5 Å². The highest BCUT2D eigenvalue weighted by atomic mass is 28.4. The van der Waals surface area contributed by atoms with Crippen LogP contribution in [0.25, 0.3) is 0 Å². The van der Waals surface area contributed by atoms with E-state index in [1.165, 1.54) is 0 Å². The second-order valence-electron chi connectivity index (χ2n) is 13.4. The summed E-state index contributed by atoms with van der Waals surface area (Å²) in [6, 6.07) is 15.2. The third-order valence-corrected chi connectivity index (χ3v) is 15.8. The zero-order chi connectivity index (χ0) is 45.7. The molecule has 0 saturated heterocycles. The Morgan fingerprint density at radius 3 is 0.508 bits per heavy atom. The zero-order valence-corrected chi connectivity index (χ0v) is 41.9. The van der Waals surface area contributed by atoms with E-state index in [1.807, 2.05) is 132 Å². The molecule has 348 valence electrons. The van der Waals surface area contributed by atoms with Crippen molar-refractivity contribution in [3.8, 4) is 69.0 Å². The van der Waals surface area contributed by atoms with Gasteiger partial charge in [-0.2, -0.15) is 0 Å². The molecule has 0 fully saturated rings. The largest absolute Gasteiger partial charge is 0.494 e. The lowest BCUT2D eigenvalue weighted by Gasteiger charge is -2.32. The van der Waals surface area contributed by atoms with E-state index in [0.29, 0.717) is 148 Å². The van der Waals surface area contributed by atoms with Gasteiger partial charge in [-0.15, -0.1) is 0 Å². The number of hydrogen-bond acceptors (Lipinski definition) is 13. The molecule has 4 rings (SSSR count). The van der Waals surface area contributed by atoms with Crippen molar-refractivity contribution in [1.82, 2.24) is 0 Å². The van der Waals surface area contributed by atoms with Crippen LogP contribution in [0.3, 0.4) is 0 Å². The average Bonchev–Trinajstić information content (AvgIpc) is 3.24. The lowest BCUT2D eigenvalue weighted by atomic mass is 10.3. The Labute approximate surface area is 378 Å². The molecule has 0 saturated carbocycles. The molecular formula is C48H70O13Si2. The summed E-state index contributed by atoms with van der Waals surface area (Å²) in [6.45, 7) is 28.0. The molecule has 4 aromatic rings. The Morgan fingerprint density at radius 1 is 0.238 bits per heavy atom. The summed E-state index contributed by atoms with van der Waals surface area (Å²) in [7, 11) is -6.52. The minimum atomic E-state index is -3.26. The molecule has 0 aromatic heterocycles.